The standard InChI is InChI=1S/C20H25N3O2/c1-15-4-3-10-23(15)20(24)14-22-11-8-18(13-22)25-17-6-7-19-16(12-17)5-2-9-21-19/h2,5-7,9,12,15,18H,3-4,8,10-11,13-14H2,1H3/t15-,18+/m1/s1. The van der Waals surface area contributed by atoms with Crippen LogP contribution >= 0.6 is 0 Å². The SMILES string of the molecule is C[C@@H]1CCCN1C(=O)CN1CC[C@H](Oc2ccc3ncccc3c2)C1. The molecule has 2 saturated heterocycles. The van der Waals surface area contributed by atoms with Crippen LogP contribution in [0.15, 0.2) is 36.5 Å². The predicted octanol–water partition coefficient (Wildman–Crippen LogP) is 2.70. The lowest BCUT2D eigenvalue weighted by Gasteiger charge is -2.24. The van der Waals surface area contributed by atoms with E-state index in [1.54, 1.807) is 6.20 Å². The van der Waals surface area contributed by atoms with Gasteiger partial charge in [-0.3, -0.25) is 14.7 Å². The van der Waals surface area contributed by atoms with Gasteiger partial charge in [-0.05, 0) is 50.5 Å². The molecule has 0 bridgehead atoms. The molecule has 5 heteroatoms. The lowest BCUT2D eigenvalue weighted by atomic mass is 10.2. The first-order chi connectivity index (χ1) is 12.2. The Kier molecular flexibility index (Phi) is 4.57. The van der Waals surface area contributed by atoms with Crippen molar-refractivity contribution in [3.05, 3.63) is 36.5 Å². The zero-order valence-corrected chi connectivity index (χ0v) is 14.7. The molecule has 0 N–H and O–H groups in total. The monoisotopic (exact) mass is 339 g/mol. The molecule has 0 saturated carbocycles. The van der Waals surface area contributed by atoms with Crippen LogP contribution in [0.5, 0.6) is 5.75 Å². The van der Waals surface area contributed by atoms with Gasteiger partial charge in [0, 0.05) is 37.3 Å². The summed E-state index contributed by atoms with van der Waals surface area (Å²) in [7, 11) is 0. The number of pyridine rings is 1. The molecule has 0 spiro atoms. The van der Waals surface area contributed by atoms with Crippen LogP contribution in [0.3, 0.4) is 0 Å². The number of nitrogens with zero attached hydrogens (tertiary/aromatic N) is 3. The number of ether oxygens (including phenoxy) is 1. The summed E-state index contributed by atoms with van der Waals surface area (Å²) in [5, 5.41) is 1.09. The van der Waals surface area contributed by atoms with E-state index in [0.29, 0.717) is 12.6 Å². The summed E-state index contributed by atoms with van der Waals surface area (Å²) in [4.78, 5) is 21.1. The summed E-state index contributed by atoms with van der Waals surface area (Å²) in [6.45, 7) is 5.33. The molecule has 0 unspecified atom stereocenters. The van der Waals surface area contributed by atoms with E-state index in [-0.39, 0.29) is 12.0 Å². The highest BCUT2D eigenvalue weighted by atomic mass is 16.5. The maximum absolute atomic E-state index is 12.5. The lowest BCUT2D eigenvalue weighted by molar-refractivity contribution is -0.132. The second-order valence-electron chi connectivity index (χ2n) is 7.20. The Morgan fingerprint density at radius 2 is 2.20 bits per heavy atom. The van der Waals surface area contributed by atoms with Crippen LogP contribution in [0, 0.1) is 0 Å². The van der Waals surface area contributed by atoms with Gasteiger partial charge in [0.15, 0.2) is 0 Å². The van der Waals surface area contributed by atoms with Gasteiger partial charge in [-0.2, -0.15) is 0 Å². The van der Waals surface area contributed by atoms with Crippen molar-refractivity contribution in [1.82, 2.24) is 14.8 Å². The molecule has 5 nitrogen and oxygen atoms in total. The Hall–Kier alpha value is -2.14. The lowest BCUT2D eigenvalue weighted by Crippen LogP contribution is -2.41. The summed E-state index contributed by atoms with van der Waals surface area (Å²) in [5.74, 6) is 1.15. The molecule has 2 aromatic rings. The van der Waals surface area contributed by atoms with Crippen molar-refractivity contribution >= 4 is 16.8 Å². The van der Waals surface area contributed by atoms with Crippen LogP contribution in [0.2, 0.25) is 0 Å². The van der Waals surface area contributed by atoms with Crippen LogP contribution in [0.1, 0.15) is 26.2 Å². The molecular formula is C20H25N3O2. The highest BCUT2D eigenvalue weighted by molar-refractivity contribution is 5.80. The van der Waals surface area contributed by atoms with Gasteiger partial charge in [0.2, 0.25) is 5.91 Å². The van der Waals surface area contributed by atoms with Gasteiger partial charge >= 0.3 is 0 Å². The van der Waals surface area contributed by atoms with E-state index in [4.69, 9.17) is 4.74 Å². The van der Waals surface area contributed by atoms with Gasteiger partial charge < -0.3 is 9.64 Å². The second-order valence-corrected chi connectivity index (χ2v) is 7.20. The van der Waals surface area contributed by atoms with Crippen molar-refractivity contribution < 1.29 is 9.53 Å². The van der Waals surface area contributed by atoms with Gasteiger partial charge in [0.05, 0.1) is 12.1 Å². The Labute approximate surface area is 148 Å². The third kappa shape index (κ3) is 3.61. The average Bonchev–Trinajstić information content (AvgIpc) is 3.23. The molecule has 3 heterocycles. The fraction of sp³-hybridized carbons (Fsp3) is 0.500. The number of fused-ring (bicyclic) bond motifs is 1. The smallest absolute Gasteiger partial charge is 0.236 e. The maximum Gasteiger partial charge on any atom is 0.236 e. The van der Waals surface area contributed by atoms with Gasteiger partial charge in [-0.1, -0.05) is 6.07 Å². The van der Waals surface area contributed by atoms with Crippen LogP contribution in [0.25, 0.3) is 10.9 Å². The number of hydrogen-bond donors (Lipinski definition) is 0. The molecule has 1 aromatic heterocycles. The molecule has 2 aliphatic heterocycles. The first-order valence-electron chi connectivity index (χ1n) is 9.22. The first-order valence-corrected chi connectivity index (χ1v) is 9.22. The quantitative estimate of drug-likeness (QED) is 0.859. The van der Waals surface area contributed by atoms with E-state index in [1.165, 1.54) is 0 Å². The van der Waals surface area contributed by atoms with Crippen molar-refractivity contribution in [2.75, 3.05) is 26.2 Å². The van der Waals surface area contributed by atoms with Crippen molar-refractivity contribution in [3.63, 3.8) is 0 Å². The van der Waals surface area contributed by atoms with Gasteiger partial charge in [-0.25, -0.2) is 0 Å². The Morgan fingerprint density at radius 1 is 1.28 bits per heavy atom. The zero-order valence-electron chi connectivity index (χ0n) is 14.7. The number of likely N-dealkylation sites (tertiary alicyclic amines) is 2. The average molecular weight is 339 g/mol. The largest absolute Gasteiger partial charge is 0.489 e. The summed E-state index contributed by atoms with van der Waals surface area (Å²) >= 11 is 0. The van der Waals surface area contributed by atoms with E-state index in [1.807, 2.05) is 35.2 Å². The van der Waals surface area contributed by atoms with E-state index in [9.17, 15) is 4.79 Å². The third-order valence-corrected chi connectivity index (χ3v) is 5.34. The van der Waals surface area contributed by atoms with E-state index < -0.39 is 0 Å². The Balaban J connectivity index is 1.33. The van der Waals surface area contributed by atoms with Crippen LogP contribution < -0.4 is 4.74 Å². The van der Waals surface area contributed by atoms with Gasteiger partial charge in [0.1, 0.15) is 11.9 Å². The maximum atomic E-state index is 12.5. The van der Waals surface area contributed by atoms with Gasteiger partial charge in [-0.15, -0.1) is 0 Å². The summed E-state index contributed by atoms with van der Waals surface area (Å²) < 4.78 is 6.15. The number of aromatic nitrogens is 1. The molecule has 25 heavy (non-hydrogen) atoms. The molecule has 0 radical (unpaired) electrons. The number of rotatable bonds is 4. The Bertz CT molecular complexity index is 763. The van der Waals surface area contributed by atoms with Crippen molar-refractivity contribution in [1.29, 1.82) is 0 Å². The molecule has 132 valence electrons. The van der Waals surface area contributed by atoms with E-state index in [0.717, 1.165) is 55.5 Å². The second kappa shape index (κ2) is 7.00. The number of hydrogen-bond acceptors (Lipinski definition) is 4. The minimum Gasteiger partial charge on any atom is -0.489 e. The predicted molar refractivity (Wildman–Crippen MR) is 97.6 cm³/mol. The highest BCUT2D eigenvalue weighted by Crippen LogP contribution is 2.23. The van der Waals surface area contributed by atoms with Gasteiger partial charge in [0.25, 0.3) is 0 Å². The minimum absolute atomic E-state index is 0.151. The molecular weight excluding hydrogens is 314 g/mol. The van der Waals surface area contributed by atoms with Crippen molar-refractivity contribution in [2.24, 2.45) is 0 Å². The fourth-order valence-electron chi connectivity index (χ4n) is 3.94. The normalized spacial score (nSPS) is 24.1. The number of carbonyl (C=O) groups excluding carboxylic acids is 1. The Morgan fingerprint density at radius 3 is 3.04 bits per heavy atom. The highest BCUT2D eigenvalue weighted by Gasteiger charge is 2.30. The minimum atomic E-state index is 0.151. The van der Waals surface area contributed by atoms with Crippen LogP contribution in [0.4, 0.5) is 0 Å². The number of carbonyl (C=O) groups is 1. The molecule has 2 aliphatic rings. The molecule has 4 rings (SSSR count). The van der Waals surface area contributed by atoms with Crippen molar-refractivity contribution in [2.45, 2.75) is 38.3 Å². The van der Waals surface area contributed by atoms with E-state index in [2.05, 4.69) is 16.8 Å². The zero-order chi connectivity index (χ0) is 17.2. The molecule has 2 fully saturated rings. The summed E-state index contributed by atoms with van der Waals surface area (Å²) in [6.07, 6.45) is 5.19. The topological polar surface area (TPSA) is 45.7 Å². The van der Waals surface area contributed by atoms with Crippen LogP contribution in [-0.2, 0) is 4.79 Å². The molecule has 1 amide bonds. The summed E-state index contributed by atoms with van der Waals surface area (Å²) in [5.41, 5.74) is 0.980. The molecule has 2 atom stereocenters. The van der Waals surface area contributed by atoms with Crippen molar-refractivity contribution in [3.8, 4) is 5.75 Å². The number of benzene rings is 1. The summed E-state index contributed by atoms with van der Waals surface area (Å²) in [6, 6.07) is 10.4. The third-order valence-electron chi connectivity index (χ3n) is 5.34. The van der Waals surface area contributed by atoms with Crippen LogP contribution in [-0.4, -0.2) is 59.0 Å². The molecule has 0 aliphatic carbocycles. The van der Waals surface area contributed by atoms with E-state index >= 15 is 0 Å². The number of amides is 1. The fourth-order valence-corrected chi connectivity index (χ4v) is 3.94. The first kappa shape index (κ1) is 16.3. The molecule has 1 aromatic carbocycles.